The molecule has 0 aliphatic carbocycles. The van der Waals surface area contributed by atoms with E-state index < -0.39 is 11.5 Å². The molecule has 8 heteroatoms. The first kappa shape index (κ1) is 19.8. The Morgan fingerprint density at radius 1 is 1.22 bits per heavy atom. The van der Waals surface area contributed by atoms with Gasteiger partial charge in [0, 0.05) is 5.69 Å². The van der Waals surface area contributed by atoms with Crippen LogP contribution >= 0.6 is 0 Å². The quantitative estimate of drug-likeness (QED) is 0.791. The van der Waals surface area contributed by atoms with Crippen LogP contribution in [-0.4, -0.2) is 28.1 Å². The third-order valence-corrected chi connectivity index (χ3v) is 4.16. The van der Waals surface area contributed by atoms with Crippen LogP contribution in [-0.2, 0) is 22.6 Å². The minimum atomic E-state index is -0.628. The van der Waals surface area contributed by atoms with Crippen molar-refractivity contribution < 1.29 is 9.59 Å². The van der Waals surface area contributed by atoms with Crippen LogP contribution in [0.2, 0.25) is 0 Å². The summed E-state index contributed by atoms with van der Waals surface area (Å²) in [5, 5.41) is 18.3. The molecule has 8 nitrogen and oxygen atoms in total. The molecule has 0 aliphatic heterocycles. The lowest BCUT2D eigenvalue weighted by Crippen LogP contribution is -2.38. The SMILES string of the molecule is CCc1ccccc1NC(=O)CNC(=O)Cn1nc(C)c(C)c(C#N)c1=O. The Kier molecular flexibility index (Phi) is 6.44. The highest BCUT2D eigenvalue weighted by molar-refractivity contribution is 5.95. The largest absolute Gasteiger partial charge is 0.345 e. The Bertz CT molecular complexity index is 972. The van der Waals surface area contributed by atoms with Crippen molar-refractivity contribution >= 4 is 17.5 Å². The van der Waals surface area contributed by atoms with Crippen molar-refractivity contribution in [1.29, 1.82) is 5.26 Å². The summed E-state index contributed by atoms with van der Waals surface area (Å²) in [6.07, 6.45) is 0.769. The molecule has 0 unspecified atom stereocenters. The molecule has 140 valence electrons. The molecule has 0 saturated carbocycles. The lowest BCUT2D eigenvalue weighted by Gasteiger charge is -2.11. The van der Waals surface area contributed by atoms with Crippen molar-refractivity contribution in [2.45, 2.75) is 33.7 Å². The maximum absolute atomic E-state index is 12.2. The van der Waals surface area contributed by atoms with Crippen LogP contribution in [0.15, 0.2) is 29.1 Å². The van der Waals surface area contributed by atoms with Crippen molar-refractivity contribution in [3.8, 4) is 6.07 Å². The number of anilines is 1. The van der Waals surface area contributed by atoms with Crippen LogP contribution in [0.4, 0.5) is 5.69 Å². The number of nitriles is 1. The van der Waals surface area contributed by atoms with Crippen LogP contribution in [0.25, 0.3) is 0 Å². The van der Waals surface area contributed by atoms with E-state index in [1.165, 1.54) is 0 Å². The van der Waals surface area contributed by atoms with Crippen molar-refractivity contribution in [2.75, 3.05) is 11.9 Å². The van der Waals surface area contributed by atoms with E-state index in [1.54, 1.807) is 19.9 Å². The molecule has 2 N–H and O–H groups in total. The van der Waals surface area contributed by atoms with Gasteiger partial charge in [0.25, 0.3) is 5.56 Å². The summed E-state index contributed by atoms with van der Waals surface area (Å²) in [4.78, 5) is 36.3. The van der Waals surface area contributed by atoms with Gasteiger partial charge in [-0.3, -0.25) is 14.4 Å². The molecule has 0 bridgehead atoms. The van der Waals surface area contributed by atoms with Crippen LogP contribution in [0.3, 0.4) is 0 Å². The van der Waals surface area contributed by atoms with Gasteiger partial charge in [-0.05, 0) is 37.5 Å². The van der Waals surface area contributed by atoms with Crippen molar-refractivity contribution in [2.24, 2.45) is 0 Å². The summed E-state index contributed by atoms with van der Waals surface area (Å²) < 4.78 is 0.931. The molecule has 0 spiro atoms. The van der Waals surface area contributed by atoms with E-state index in [4.69, 9.17) is 5.26 Å². The lowest BCUT2D eigenvalue weighted by molar-refractivity contribution is -0.124. The molecule has 2 aromatic rings. The fourth-order valence-electron chi connectivity index (χ4n) is 2.53. The van der Waals surface area contributed by atoms with E-state index in [2.05, 4.69) is 15.7 Å². The molecular formula is C19H21N5O3. The summed E-state index contributed by atoms with van der Waals surface area (Å²) in [6, 6.07) is 9.25. The van der Waals surface area contributed by atoms with E-state index in [9.17, 15) is 14.4 Å². The van der Waals surface area contributed by atoms with Crippen LogP contribution in [0.1, 0.15) is 29.3 Å². The van der Waals surface area contributed by atoms with Crippen molar-refractivity contribution in [3.05, 3.63) is 57.0 Å². The predicted octanol–water partition coefficient (Wildman–Crippen LogP) is 1.05. The number of benzene rings is 1. The minimum absolute atomic E-state index is 0.0378. The smallest absolute Gasteiger partial charge is 0.285 e. The van der Waals surface area contributed by atoms with E-state index in [1.807, 2.05) is 31.2 Å². The Labute approximate surface area is 156 Å². The van der Waals surface area contributed by atoms with Gasteiger partial charge in [-0.1, -0.05) is 25.1 Å². The van der Waals surface area contributed by atoms with Crippen LogP contribution in [0.5, 0.6) is 0 Å². The fraction of sp³-hybridized carbons (Fsp3) is 0.316. The highest BCUT2D eigenvalue weighted by Crippen LogP contribution is 2.14. The summed E-state index contributed by atoms with van der Waals surface area (Å²) in [6.45, 7) is 4.67. The topological polar surface area (TPSA) is 117 Å². The lowest BCUT2D eigenvalue weighted by atomic mass is 10.1. The van der Waals surface area contributed by atoms with Gasteiger partial charge < -0.3 is 10.6 Å². The number of amides is 2. The zero-order valence-electron chi connectivity index (χ0n) is 15.5. The van der Waals surface area contributed by atoms with E-state index in [-0.39, 0.29) is 24.6 Å². The summed E-state index contributed by atoms with van der Waals surface area (Å²) >= 11 is 0. The number of hydrogen-bond acceptors (Lipinski definition) is 5. The van der Waals surface area contributed by atoms with Crippen molar-refractivity contribution in [3.63, 3.8) is 0 Å². The molecule has 1 aromatic heterocycles. The normalized spacial score (nSPS) is 10.1. The molecule has 1 aromatic carbocycles. The molecule has 0 saturated heterocycles. The minimum Gasteiger partial charge on any atom is -0.345 e. The Hall–Kier alpha value is -3.47. The number of carbonyl (C=O) groups is 2. The summed E-state index contributed by atoms with van der Waals surface area (Å²) in [5.41, 5.74) is 2.01. The standard InChI is InChI=1S/C19H21N5O3/c1-4-14-7-5-6-8-16(14)22-17(25)10-21-18(26)11-24-19(27)15(9-20)12(2)13(3)23-24/h5-8H,4,10-11H2,1-3H3,(H,21,26)(H,22,25). The molecule has 27 heavy (non-hydrogen) atoms. The number of nitrogens with zero attached hydrogens (tertiary/aromatic N) is 3. The maximum atomic E-state index is 12.2. The number of carbonyl (C=O) groups excluding carboxylic acids is 2. The first-order valence-corrected chi connectivity index (χ1v) is 8.50. The van der Waals surface area contributed by atoms with Gasteiger partial charge >= 0.3 is 0 Å². The summed E-state index contributed by atoms with van der Waals surface area (Å²) in [5.74, 6) is -0.918. The van der Waals surface area contributed by atoms with Crippen LogP contribution < -0.4 is 16.2 Å². The van der Waals surface area contributed by atoms with Gasteiger partial charge in [0.1, 0.15) is 18.2 Å². The highest BCUT2D eigenvalue weighted by Gasteiger charge is 2.14. The molecule has 2 rings (SSSR count). The zero-order chi connectivity index (χ0) is 20.0. The molecule has 0 aliphatic rings. The number of aryl methyl sites for hydroxylation is 2. The number of nitrogens with one attached hydrogen (secondary N) is 2. The zero-order valence-corrected chi connectivity index (χ0v) is 15.5. The van der Waals surface area contributed by atoms with E-state index >= 15 is 0 Å². The fourth-order valence-corrected chi connectivity index (χ4v) is 2.53. The molecular weight excluding hydrogens is 346 g/mol. The number of rotatable bonds is 6. The van der Waals surface area contributed by atoms with E-state index in [0.29, 0.717) is 16.9 Å². The van der Waals surface area contributed by atoms with Crippen molar-refractivity contribution in [1.82, 2.24) is 15.1 Å². The van der Waals surface area contributed by atoms with Gasteiger partial charge in [-0.25, -0.2) is 4.68 Å². The van der Waals surface area contributed by atoms with Crippen LogP contribution in [0, 0.1) is 25.2 Å². The Morgan fingerprint density at radius 2 is 1.93 bits per heavy atom. The molecule has 2 amide bonds. The first-order valence-electron chi connectivity index (χ1n) is 8.50. The second-order valence-electron chi connectivity index (χ2n) is 6.00. The Morgan fingerprint density at radius 3 is 2.59 bits per heavy atom. The average molecular weight is 367 g/mol. The van der Waals surface area contributed by atoms with Gasteiger partial charge in [-0.2, -0.15) is 10.4 Å². The number of para-hydroxylation sites is 1. The predicted molar refractivity (Wildman–Crippen MR) is 100 cm³/mol. The summed E-state index contributed by atoms with van der Waals surface area (Å²) in [7, 11) is 0. The van der Waals surface area contributed by atoms with Gasteiger partial charge in [0.15, 0.2) is 0 Å². The monoisotopic (exact) mass is 367 g/mol. The van der Waals surface area contributed by atoms with Gasteiger partial charge in [0.05, 0.1) is 12.2 Å². The third-order valence-electron chi connectivity index (χ3n) is 4.16. The first-order chi connectivity index (χ1) is 12.9. The molecule has 0 radical (unpaired) electrons. The van der Waals surface area contributed by atoms with Gasteiger partial charge in [-0.15, -0.1) is 0 Å². The second-order valence-corrected chi connectivity index (χ2v) is 6.00. The molecule has 0 atom stereocenters. The Balaban J connectivity index is 1.99. The highest BCUT2D eigenvalue weighted by atomic mass is 16.2. The number of aromatic nitrogens is 2. The number of hydrogen-bond donors (Lipinski definition) is 2. The third kappa shape index (κ3) is 4.79. The average Bonchev–Trinajstić information content (AvgIpc) is 2.65. The molecule has 1 heterocycles. The van der Waals surface area contributed by atoms with E-state index in [0.717, 1.165) is 16.7 Å². The molecule has 0 fully saturated rings. The second kappa shape index (κ2) is 8.76. The van der Waals surface area contributed by atoms with Gasteiger partial charge in [0.2, 0.25) is 11.8 Å². The maximum Gasteiger partial charge on any atom is 0.285 e.